The monoisotopic (exact) mass is 270 g/mol. The summed E-state index contributed by atoms with van der Waals surface area (Å²) in [6.07, 6.45) is 9.50. The number of aromatic nitrogens is 5. The van der Waals surface area contributed by atoms with Crippen LogP contribution in [0.15, 0.2) is 12.4 Å². The molecule has 0 amide bonds. The highest BCUT2D eigenvalue weighted by atomic mass is 15.1. The van der Waals surface area contributed by atoms with Gasteiger partial charge in [0.15, 0.2) is 5.82 Å². The average Bonchev–Trinajstić information content (AvgIpc) is 2.48. The Morgan fingerprint density at radius 2 is 1.65 bits per heavy atom. The third kappa shape index (κ3) is 2.74. The minimum absolute atomic E-state index is 0.250. The molecule has 2 aromatic rings. The molecular weight excluding hydrogens is 252 g/mol. The lowest BCUT2D eigenvalue weighted by Crippen LogP contribution is -2.12. The van der Waals surface area contributed by atoms with Crippen LogP contribution >= 0.6 is 0 Å². The molecule has 2 N–H and O–H groups in total. The molecule has 0 spiro atoms. The van der Waals surface area contributed by atoms with E-state index in [2.05, 4.69) is 24.9 Å². The van der Waals surface area contributed by atoms with Gasteiger partial charge in [0.2, 0.25) is 11.8 Å². The van der Waals surface area contributed by atoms with Crippen molar-refractivity contribution in [2.45, 2.75) is 44.9 Å². The van der Waals surface area contributed by atoms with E-state index in [4.69, 9.17) is 5.73 Å². The number of nitrogens with two attached hydrogens (primary N) is 1. The normalized spacial score (nSPS) is 16.2. The first kappa shape index (κ1) is 12.9. The second kappa shape index (κ2) is 5.48. The van der Waals surface area contributed by atoms with Gasteiger partial charge in [-0.3, -0.25) is 0 Å². The maximum Gasteiger partial charge on any atom is 0.223 e. The smallest absolute Gasteiger partial charge is 0.223 e. The molecule has 0 unspecified atom stereocenters. The Morgan fingerprint density at radius 3 is 2.35 bits per heavy atom. The van der Waals surface area contributed by atoms with Gasteiger partial charge in [0, 0.05) is 18.3 Å². The van der Waals surface area contributed by atoms with Gasteiger partial charge in [-0.2, -0.15) is 9.97 Å². The van der Waals surface area contributed by atoms with Crippen LogP contribution in [0.1, 0.15) is 49.4 Å². The summed E-state index contributed by atoms with van der Waals surface area (Å²) in [5.74, 6) is 2.40. The summed E-state index contributed by atoms with van der Waals surface area (Å²) in [7, 11) is 0. The quantitative estimate of drug-likeness (QED) is 0.900. The molecule has 1 saturated carbocycles. The highest BCUT2D eigenvalue weighted by Crippen LogP contribution is 2.31. The Kier molecular flexibility index (Phi) is 3.54. The maximum atomic E-state index is 5.82. The van der Waals surface area contributed by atoms with Gasteiger partial charge in [-0.25, -0.2) is 15.0 Å². The van der Waals surface area contributed by atoms with Crippen molar-refractivity contribution in [1.82, 2.24) is 24.9 Å². The summed E-state index contributed by atoms with van der Waals surface area (Å²) >= 11 is 0. The third-order valence-electron chi connectivity index (χ3n) is 3.62. The number of nitrogens with zero attached hydrogens (tertiary/aromatic N) is 5. The summed E-state index contributed by atoms with van der Waals surface area (Å²) in [6, 6.07) is 0. The van der Waals surface area contributed by atoms with Crippen LogP contribution in [0.4, 0.5) is 5.95 Å². The summed E-state index contributed by atoms with van der Waals surface area (Å²) in [5.41, 5.74) is 6.82. The average molecular weight is 270 g/mol. The van der Waals surface area contributed by atoms with Gasteiger partial charge in [-0.05, 0) is 25.3 Å². The van der Waals surface area contributed by atoms with E-state index in [1.807, 2.05) is 6.92 Å². The van der Waals surface area contributed by atoms with E-state index in [-0.39, 0.29) is 5.95 Å². The Bertz CT molecular complexity index is 589. The molecule has 6 heteroatoms. The predicted octanol–water partition coefficient (Wildman–Crippen LogP) is 2.27. The summed E-state index contributed by atoms with van der Waals surface area (Å²) in [4.78, 5) is 21.5. The number of hydrogen-bond acceptors (Lipinski definition) is 6. The minimum Gasteiger partial charge on any atom is -0.368 e. The van der Waals surface area contributed by atoms with Crippen LogP contribution in [-0.2, 0) is 0 Å². The van der Waals surface area contributed by atoms with Crippen molar-refractivity contribution < 1.29 is 0 Å². The molecule has 2 heterocycles. The van der Waals surface area contributed by atoms with Crippen molar-refractivity contribution in [2.75, 3.05) is 5.73 Å². The van der Waals surface area contributed by atoms with Crippen LogP contribution in [0.3, 0.4) is 0 Å². The molecule has 2 aromatic heterocycles. The van der Waals surface area contributed by atoms with E-state index in [0.717, 1.165) is 24.2 Å². The van der Waals surface area contributed by atoms with Gasteiger partial charge in [-0.15, -0.1) is 0 Å². The van der Waals surface area contributed by atoms with Crippen molar-refractivity contribution in [3.05, 3.63) is 23.8 Å². The maximum absolute atomic E-state index is 5.82. The standard InChI is InChI=1S/C14H18N6/c1-9-7-16-12(17-8-9)13-18-11(19-14(15)20-13)10-5-3-2-4-6-10/h7-8,10H,2-6H2,1H3,(H2,15,18,19,20). The molecule has 3 rings (SSSR count). The zero-order valence-corrected chi connectivity index (χ0v) is 11.6. The van der Waals surface area contributed by atoms with Crippen molar-refractivity contribution in [3.63, 3.8) is 0 Å². The van der Waals surface area contributed by atoms with Crippen molar-refractivity contribution in [1.29, 1.82) is 0 Å². The van der Waals surface area contributed by atoms with E-state index in [1.54, 1.807) is 12.4 Å². The zero-order valence-electron chi connectivity index (χ0n) is 11.6. The largest absolute Gasteiger partial charge is 0.368 e. The first-order chi connectivity index (χ1) is 9.72. The highest BCUT2D eigenvalue weighted by molar-refractivity contribution is 5.44. The third-order valence-corrected chi connectivity index (χ3v) is 3.62. The van der Waals surface area contributed by atoms with Gasteiger partial charge in [0.05, 0.1) is 0 Å². The Morgan fingerprint density at radius 1 is 0.950 bits per heavy atom. The molecule has 0 saturated heterocycles. The highest BCUT2D eigenvalue weighted by Gasteiger charge is 2.20. The molecule has 20 heavy (non-hydrogen) atoms. The number of anilines is 1. The fourth-order valence-corrected chi connectivity index (χ4v) is 2.56. The molecular formula is C14H18N6. The van der Waals surface area contributed by atoms with E-state index >= 15 is 0 Å². The molecule has 0 radical (unpaired) electrons. The van der Waals surface area contributed by atoms with Crippen LogP contribution in [0.2, 0.25) is 0 Å². The minimum atomic E-state index is 0.250. The fraction of sp³-hybridized carbons (Fsp3) is 0.500. The van der Waals surface area contributed by atoms with Crippen LogP contribution < -0.4 is 5.73 Å². The number of rotatable bonds is 2. The van der Waals surface area contributed by atoms with E-state index in [9.17, 15) is 0 Å². The lowest BCUT2D eigenvalue weighted by atomic mass is 9.89. The van der Waals surface area contributed by atoms with E-state index < -0.39 is 0 Å². The van der Waals surface area contributed by atoms with Gasteiger partial charge >= 0.3 is 0 Å². The second-order valence-corrected chi connectivity index (χ2v) is 5.29. The Balaban J connectivity index is 1.95. The molecule has 1 aliphatic rings. The van der Waals surface area contributed by atoms with Gasteiger partial charge in [0.25, 0.3) is 0 Å². The van der Waals surface area contributed by atoms with Crippen LogP contribution in [-0.4, -0.2) is 24.9 Å². The Hall–Kier alpha value is -2.11. The topological polar surface area (TPSA) is 90.5 Å². The second-order valence-electron chi connectivity index (χ2n) is 5.29. The lowest BCUT2D eigenvalue weighted by molar-refractivity contribution is 0.428. The first-order valence-corrected chi connectivity index (χ1v) is 7.03. The molecule has 1 fully saturated rings. The predicted molar refractivity (Wildman–Crippen MR) is 75.8 cm³/mol. The molecule has 0 aromatic carbocycles. The Labute approximate surface area is 117 Å². The number of nitrogen functional groups attached to an aromatic ring is 1. The van der Waals surface area contributed by atoms with Crippen molar-refractivity contribution in [3.8, 4) is 11.6 Å². The van der Waals surface area contributed by atoms with E-state index in [1.165, 1.54) is 19.3 Å². The fourth-order valence-electron chi connectivity index (χ4n) is 2.56. The van der Waals surface area contributed by atoms with E-state index in [0.29, 0.717) is 17.6 Å². The van der Waals surface area contributed by atoms with Crippen LogP contribution in [0.5, 0.6) is 0 Å². The first-order valence-electron chi connectivity index (χ1n) is 7.03. The zero-order chi connectivity index (χ0) is 13.9. The number of hydrogen-bond donors (Lipinski definition) is 1. The van der Waals surface area contributed by atoms with Crippen molar-refractivity contribution >= 4 is 5.95 Å². The summed E-state index contributed by atoms with van der Waals surface area (Å²) in [6.45, 7) is 1.94. The SMILES string of the molecule is Cc1cnc(-c2nc(N)nc(C3CCCCC3)n2)nc1. The number of aryl methyl sites for hydroxylation is 1. The van der Waals surface area contributed by atoms with Gasteiger partial charge < -0.3 is 5.73 Å². The van der Waals surface area contributed by atoms with Gasteiger partial charge in [0.1, 0.15) is 5.82 Å². The molecule has 0 bridgehead atoms. The molecule has 0 aliphatic heterocycles. The van der Waals surface area contributed by atoms with Gasteiger partial charge in [-0.1, -0.05) is 19.3 Å². The lowest BCUT2D eigenvalue weighted by Gasteiger charge is -2.20. The van der Waals surface area contributed by atoms with Crippen molar-refractivity contribution in [2.24, 2.45) is 0 Å². The summed E-state index contributed by atoms with van der Waals surface area (Å²) in [5, 5.41) is 0. The van der Waals surface area contributed by atoms with Crippen LogP contribution in [0.25, 0.3) is 11.6 Å². The molecule has 104 valence electrons. The molecule has 0 atom stereocenters. The molecule has 1 aliphatic carbocycles. The summed E-state index contributed by atoms with van der Waals surface area (Å²) < 4.78 is 0. The molecule has 6 nitrogen and oxygen atoms in total. The van der Waals surface area contributed by atoms with Crippen LogP contribution in [0, 0.1) is 6.92 Å².